The predicted octanol–water partition coefficient (Wildman–Crippen LogP) is 2.61. The Bertz CT molecular complexity index is 513. The molecule has 0 bridgehead atoms. The summed E-state index contributed by atoms with van der Waals surface area (Å²) >= 11 is 0. The number of carboxylic acids is 1. The molecule has 1 saturated carbocycles. The molecule has 21 heavy (non-hydrogen) atoms. The van der Waals surface area contributed by atoms with Gasteiger partial charge in [0, 0.05) is 6.04 Å². The Balaban J connectivity index is 1.89. The Morgan fingerprint density at radius 2 is 1.90 bits per heavy atom. The third kappa shape index (κ3) is 3.97. The summed E-state index contributed by atoms with van der Waals surface area (Å²) in [5, 5.41) is 14.8. The smallest absolute Gasteiger partial charge is 0.315 e. The average molecular weight is 290 g/mol. The number of hydrogen-bond acceptors (Lipinski definition) is 2. The lowest BCUT2D eigenvalue weighted by Gasteiger charge is -2.20. The number of carbonyl (C=O) groups is 2. The van der Waals surface area contributed by atoms with Crippen molar-refractivity contribution < 1.29 is 14.7 Å². The number of amides is 2. The van der Waals surface area contributed by atoms with Crippen molar-refractivity contribution in [3.63, 3.8) is 0 Å². The van der Waals surface area contributed by atoms with Gasteiger partial charge in [0.1, 0.15) is 0 Å². The van der Waals surface area contributed by atoms with Crippen LogP contribution in [0.5, 0.6) is 0 Å². The maximum absolute atomic E-state index is 12.0. The third-order valence-electron chi connectivity index (χ3n) is 4.07. The summed E-state index contributed by atoms with van der Waals surface area (Å²) in [6.45, 7) is 3.92. The summed E-state index contributed by atoms with van der Waals surface area (Å²) in [5.41, 5.74) is 2.20. The van der Waals surface area contributed by atoms with Gasteiger partial charge < -0.3 is 15.7 Å². The highest BCUT2D eigenvalue weighted by Gasteiger charge is 2.33. The van der Waals surface area contributed by atoms with Crippen molar-refractivity contribution in [1.29, 1.82) is 0 Å². The monoisotopic (exact) mass is 290 g/mol. The highest BCUT2D eigenvalue weighted by atomic mass is 16.4. The van der Waals surface area contributed by atoms with Gasteiger partial charge in [-0.2, -0.15) is 0 Å². The molecule has 0 aliphatic heterocycles. The molecular weight excluding hydrogens is 268 g/mol. The number of nitrogens with one attached hydrogen (secondary N) is 2. The number of rotatable bonds is 4. The summed E-state index contributed by atoms with van der Waals surface area (Å²) in [6.07, 6.45) is 2.20. The lowest BCUT2D eigenvalue weighted by molar-refractivity contribution is -0.142. The van der Waals surface area contributed by atoms with Crippen molar-refractivity contribution in [3.8, 4) is 0 Å². The van der Waals surface area contributed by atoms with Gasteiger partial charge in [-0.3, -0.25) is 4.79 Å². The normalized spacial score (nSPS) is 22.6. The fourth-order valence-corrected chi connectivity index (χ4v) is 2.77. The van der Waals surface area contributed by atoms with Gasteiger partial charge in [0.2, 0.25) is 0 Å². The number of benzene rings is 1. The first-order valence-corrected chi connectivity index (χ1v) is 7.34. The van der Waals surface area contributed by atoms with Gasteiger partial charge in [0.05, 0.1) is 12.0 Å². The summed E-state index contributed by atoms with van der Waals surface area (Å²) in [6, 6.07) is 7.28. The molecule has 1 aliphatic rings. The Kier molecular flexibility index (Phi) is 4.83. The molecule has 0 radical (unpaired) electrons. The summed E-state index contributed by atoms with van der Waals surface area (Å²) in [5.74, 6) is -1.30. The van der Waals surface area contributed by atoms with Crippen LogP contribution in [-0.4, -0.2) is 23.1 Å². The van der Waals surface area contributed by atoms with Crippen LogP contribution in [0.25, 0.3) is 0 Å². The quantitative estimate of drug-likeness (QED) is 0.797. The Labute approximate surface area is 124 Å². The van der Waals surface area contributed by atoms with Crippen LogP contribution in [0, 0.1) is 12.8 Å². The lowest BCUT2D eigenvalue weighted by Crippen LogP contribution is -2.45. The molecule has 2 rings (SSSR count). The fraction of sp³-hybridized carbons (Fsp3) is 0.500. The van der Waals surface area contributed by atoms with Gasteiger partial charge in [-0.1, -0.05) is 36.2 Å². The zero-order chi connectivity index (χ0) is 15.4. The standard InChI is InChI=1S/C16H22N2O3/c1-10-6-8-12(9-7-10)11(2)17-16(21)18-14-5-3-4-13(14)15(19)20/h6-9,11,13-14H,3-5H2,1-2H3,(H,19,20)(H2,17,18,21). The Hall–Kier alpha value is -2.04. The van der Waals surface area contributed by atoms with E-state index >= 15 is 0 Å². The molecule has 5 heteroatoms. The largest absolute Gasteiger partial charge is 0.481 e. The van der Waals surface area contributed by atoms with E-state index in [0.29, 0.717) is 6.42 Å². The number of hydrogen-bond donors (Lipinski definition) is 3. The number of urea groups is 1. The average Bonchev–Trinajstić information content (AvgIpc) is 2.87. The molecule has 5 nitrogen and oxygen atoms in total. The van der Waals surface area contributed by atoms with Crippen molar-refractivity contribution in [1.82, 2.24) is 10.6 Å². The molecule has 1 aromatic rings. The van der Waals surface area contributed by atoms with Crippen LogP contribution in [-0.2, 0) is 4.79 Å². The Morgan fingerprint density at radius 3 is 2.52 bits per heavy atom. The van der Waals surface area contributed by atoms with Crippen molar-refractivity contribution in [2.45, 2.75) is 45.2 Å². The topological polar surface area (TPSA) is 78.4 Å². The van der Waals surface area contributed by atoms with E-state index in [2.05, 4.69) is 10.6 Å². The molecule has 0 aromatic heterocycles. The van der Waals surface area contributed by atoms with Crippen LogP contribution < -0.4 is 10.6 Å². The maximum Gasteiger partial charge on any atom is 0.315 e. The Morgan fingerprint density at radius 1 is 1.24 bits per heavy atom. The molecule has 0 heterocycles. The van der Waals surface area contributed by atoms with Crippen LogP contribution in [0.4, 0.5) is 4.79 Å². The van der Waals surface area contributed by atoms with Gasteiger partial charge in [0.25, 0.3) is 0 Å². The van der Waals surface area contributed by atoms with E-state index in [9.17, 15) is 9.59 Å². The van der Waals surface area contributed by atoms with Gasteiger partial charge in [-0.15, -0.1) is 0 Å². The second kappa shape index (κ2) is 6.61. The van der Waals surface area contributed by atoms with Crippen molar-refractivity contribution >= 4 is 12.0 Å². The molecule has 1 fully saturated rings. The second-order valence-electron chi connectivity index (χ2n) is 5.73. The van der Waals surface area contributed by atoms with Crippen molar-refractivity contribution in [2.75, 3.05) is 0 Å². The maximum atomic E-state index is 12.0. The van der Waals surface area contributed by atoms with E-state index in [1.165, 1.54) is 5.56 Å². The van der Waals surface area contributed by atoms with Crippen molar-refractivity contribution in [3.05, 3.63) is 35.4 Å². The number of aryl methyl sites for hydroxylation is 1. The summed E-state index contributed by atoms with van der Waals surface area (Å²) in [7, 11) is 0. The molecule has 1 aromatic carbocycles. The number of carbonyl (C=O) groups excluding carboxylic acids is 1. The van der Waals surface area contributed by atoms with Crippen molar-refractivity contribution in [2.24, 2.45) is 5.92 Å². The van der Waals surface area contributed by atoms with Crippen LogP contribution in [0.1, 0.15) is 43.4 Å². The zero-order valence-electron chi connectivity index (χ0n) is 12.4. The fourth-order valence-electron chi connectivity index (χ4n) is 2.77. The minimum absolute atomic E-state index is 0.115. The SMILES string of the molecule is Cc1ccc(C(C)NC(=O)NC2CCCC2C(=O)O)cc1. The molecule has 114 valence electrons. The van der Waals surface area contributed by atoms with Crippen LogP contribution >= 0.6 is 0 Å². The minimum Gasteiger partial charge on any atom is -0.481 e. The van der Waals surface area contributed by atoms with Gasteiger partial charge in [-0.05, 0) is 32.3 Å². The highest BCUT2D eigenvalue weighted by molar-refractivity contribution is 5.77. The first kappa shape index (κ1) is 15.4. The van der Waals surface area contributed by atoms with E-state index < -0.39 is 11.9 Å². The first-order valence-electron chi connectivity index (χ1n) is 7.34. The highest BCUT2D eigenvalue weighted by Crippen LogP contribution is 2.25. The van der Waals surface area contributed by atoms with Crippen LogP contribution in [0.3, 0.4) is 0 Å². The van der Waals surface area contributed by atoms with E-state index in [1.807, 2.05) is 38.1 Å². The van der Waals surface area contributed by atoms with Crippen LogP contribution in [0.15, 0.2) is 24.3 Å². The molecule has 1 aliphatic carbocycles. The lowest BCUT2D eigenvalue weighted by atomic mass is 10.0. The molecule has 2 amide bonds. The third-order valence-corrected chi connectivity index (χ3v) is 4.07. The summed E-state index contributed by atoms with van der Waals surface area (Å²) < 4.78 is 0. The number of aliphatic carboxylic acids is 1. The molecular formula is C16H22N2O3. The van der Waals surface area contributed by atoms with Gasteiger partial charge in [-0.25, -0.2) is 4.79 Å². The molecule has 3 atom stereocenters. The molecule has 3 unspecified atom stereocenters. The zero-order valence-corrected chi connectivity index (χ0v) is 12.4. The van der Waals surface area contributed by atoms with E-state index in [1.54, 1.807) is 0 Å². The minimum atomic E-state index is -0.829. The van der Waals surface area contributed by atoms with Gasteiger partial charge >= 0.3 is 12.0 Å². The van der Waals surface area contributed by atoms with E-state index in [4.69, 9.17) is 5.11 Å². The predicted molar refractivity (Wildman–Crippen MR) is 80.0 cm³/mol. The molecule has 0 saturated heterocycles. The first-order chi connectivity index (χ1) is 9.97. The van der Waals surface area contributed by atoms with E-state index in [-0.39, 0.29) is 18.1 Å². The summed E-state index contributed by atoms with van der Waals surface area (Å²) in [4.78, 5) is 23.1. The van der Waals surface area contributed by atoms with Crippen LogP contribution in [0.2, 0.25) is 0 Å². The van der Waals surface area contributed by atoms with E-state index in [0.717, 1.165) is 18.4 Å². The van der Waals surface area contributed by atoms with Gasteiger partial charge in [0.15, 0.2) is 0 Å². The molecule has 3 N–H and O–H groups in total. The number of carboxylic acid groups (broad SMARTS) is 1. The second-order valence-corrected chi connectivity index (χ2v) is 5.73. The molecule has 0 spiro atoms.